The van der Waals surface area contributed by atoms with E-state index in [1.54, 1.807) is 7.05 Å². The first kappa shape index (κ1) is 14.8. The van der Waals surface area contributed by atoms with Crippen LogP contribution in [0.2, 0.25) is 0 Å². The molecule has 1 saturated heterocycles. The maximum Gasteiger partial charge on any atom is 0.227 e. The van der Waals surface area contributed by atoms with E-state index in [4.69, 9.17) is 0 Å². The number of anilines is 1. The zero-order valence-electron chi connectivity index (χ0n) is 13.4. The smallest absolute Gasteiger partial charge is 0.227 e. The highest BCUT2D eigenvalue weighted by molar-refractivity contribution is 5.93. The van der Waals surface area contributed by atoms with Gasteiger partial charge in [0.15, 0.2) is 5.82 Å². The van der Waals surface area contributed by atoms with Crippen LogP contribution in [-0.2, 0) is 4.79 Å². The molecule has 0 saturated carbocycles. The summed E-state index contributed by atoms with van der Waals surface area (Å²) in [6.45, 7) is 5.59. The van der Waals surface area contributed by atoms with E-state index in [0.717, 1.165) is 41.7 Å². The minimum atomic E-state index is -0.374. The van der Waals surface area contributed by atoms with E-state index in [-0.39, 0.29) is 11.3 Å². The summed E-state index contributed by atoms with van der Waals surface area (Å²) in [4.78, 5) is 14.4. The summed E-state index contributed by atoms with van der Waals surface area (Å²) in [6, 6.07) is 8.20. The highest BCUT2D eigenvalue weighted by Gasteiger charge is 2.38. The molecule has 1 unspecified atom stereocenters. The highest BCUT2D eigenvalue weighted by atomic mass is 16.2. The zero-order valence-corrected chi connectivity index (χ0v) is 13.4. The number of nitrogens with zero attached hydrogens (tertiary/aromatic N) is 3. The van der Waals surface area contributed by atoms with Gasteiger partial charge in [0.25, 0.3) is 0 Å². The molecular weight excluding hydrogens is 276 g/mol. The maximum absolute atomic E-state index is 12.2. The lowest BCUT2D eigenvalue weighted by atomic mass is 9.81. The number of rotatable bonds is 2. The predicted octanol–water partition coefficient (Wildman–Crippen LogP) is 2.29. The van der Waals surface area contributed by atoms with E-state index in [9.17, 15) is 4.79 Å². The van der Waals surface area contributed by atoms with Gasteiger partial charge in [0.2, 0.25) is 5.91 Å². The van der Waals surface area contributed by atoms with Gasteiger partial charge in [-0.3, -0.25) is 4.79 Å². The molecule has 0 spiro atoms. The topological polar surface area (TPSA) is 58.1 Å². The van der Waals surface area contributed by atoms with Crippen LogP contribution in [-0.4, -0.2) is 36.2 Å². The van der Waals surface area contributed by atoms with Crippen LogP contribution in [0.5, 0.6) is 0 Å². The van der Waals surface area contributed by atoms with Crippen molar-refractivity contribution in [1.29, 1.82) is 0 Å². The standard InChI is InChI=1S/C17H22N4O/c1-12-13-7-4-5-8-14(13)15(20-19-12)21-10-6-9-17(2,11-21)16(22)18-3/h4-5,7-8H,6,9-11H2,1-3H3,(H,18,22). The van der Waals surface area contributed by atoms with Gasteiger partial charge in [-0.1, -0.05) is 24.3 Å². The maximum atomic E-state index is 12.2. The quantitative estimate of drug-likeness (QED) is 0.924. The van der Waals surface area contributed by atoms with Gasteiger partial charge >= 0.3 is 0 Å². The molecule has 1 fully saturated rings. The van der Waals surface area contributed by atoms with Crippen LogP contribution in [0.15, 0.2) is 24.3 Å². The number of aryl methyl sites for hydroxylation is 1. The Morgan fingerprint density at radius 2 is 2.00 bits per heavy atom. The van der Waals surface area contributed by atoms with Gasteiger partial charge < -0.3 is 10.2 Å². The molecule has 1 atom stereocenters. The van der Waals surface area contributed by atoms with Crippen molar-refractivity contribution < 1.29 is 4.79 Å². The fourth-order valence-electron chi connectivity index (χ4n) is 3.36. The second-order valence-electron chi connectivity index (χ2n) is 6.32. The van der Waals surface area contributed by atoms with Crippen molar-refractivity contribution in [3.05, 3.63) is 30.0 Å². The highest BCUT2D eigenvalue weighted by Crippen LogP contribution is 2.34. The Kier molecular flexibility index (Phi) is 3.72. The number of nitrogens with one attached hydrogen (secondary N) is 1. The van der Waals surface area contributed by atoms with Crippen LogP contribution >= 0.6 is 0 Å². The molecule has 0 bridgehead atoms. The molecule has 1 aromatic heterocycles. The van der Waals surface area contributed by atoms with E-state index < -0.39 is 0 Å². The van der Waals surface area contributed by atoms with Gasteiger partial charge in [0, 0.05) is 30.9 Å². The largest absolute Gasteiger partial charge is 0.359 e. The van der Waals surface area contributed by atoms with Crippen molar-refractivity contribution in [2.24, 2.45) is 5.41 Å². The fourth-order valence-corrected chi connectivity index (χ4v) is 3.36. The number of aromatic nitrogens is 2. The first-order valence-corrected chi connectivity index (χ1v) is 7.74. The number of hydrogen-bond acceptors (Lipinski definition) is 4. The van der Waals surface area contributed by atoms with Gasteiger partial charge in [-0.2, -0.15) is 5.10 Å². The Bertz CT molecular complexity index is 715. The molecule has 2 aromatic rings. The normalized spacial score (nSPS) is 21.9. The van der Waals surface area contributed by atoms with Crippen molar-refractivity contribution in [1.82, 2.24) is 15.5 Å². The van der Waals surface area contributed by atoms with Crippen molar-refractivity contribution in [3.63, 3.8) is 0 Å². The number of benzene rings is 1. The zero-order chi connectivity index (χ0) is 15.7. The van der Waals surface area contributed by atoms with Gasteiger partial charge in [0.05, 0.1) is 11.1 Å². The lowest BCUT2D eigenvalue weighted by Crippen LogP contribution is -2.50. The monoisotopic (exact) mass is 298 g/mol. The minimum Gasteiger partial charge on any atom is -0.359 e. The molecule has 5 heteroatoms. The molecule has 5 nitrogen and oxygen atoms in total. The van der Waals surface area contributed by atoms with Crippen molar-refractivity contribution in [3.8, 4) is 0 Å². The Hall–Kier alpha value is -2.17. The van der Waals surface area contributed by atoms with Crippen LogP contribution in [0.4, 0.5) is 5.82 Å². The Balaban J connectivity index is 2.01. The third-order valence-electron chi connectivity index (χ3n) is 4.62. The lowest BCUT2D eigenvalue weighted by Gasteiger charge is -2.39. The van der Waals surface area contributed by atoms with E-state index in [2.05, 4.69) is 32.5 Å². The van der Waals surface area contributed by atoms with Crippen LogP contribution in [0.1, 0.15) is 25.5 Å². The van der Waals surface area contributed by atoms with Gasteiger partial charge in [-0.05, 0) is 26.7 Å². The van der Waals surface area contributed by atoms with Gasteiger partial charge in [-0.15, -0.1) is 5.10 Å². The second kappa shape index (κ2) is 5.55. The third-order valence-corrected chi connectivity index (χ3v) is 4.62. The summed E-state index contributed by atoms with van der Waals surface area (Å²) < 4.78 is 0. The summed E-state index contributed by atoms with van der Waals surface area (Å²) in [5.41, 5.74) is 0.561. The molecule has 1 N–H and O–H groups in total. The molecule has 0 radical (unpaired) electrons. The summed E-state index contributed by atoms with van der Waals surface area (Å²) >= 11 is 0. The number of amides is 1. The van der Waals surface area contributed by atoms with Gasteiger partial charge in [-0.25, -0.2) is 0 Å². The molecule has 22 heavy (non-hydrogen) atoms. The fraction of sp³-hybridized carbons (Fsp3) is 0.471. The van der Waals surface area contributed by atoms with Gasteiger partial charge in [0.1, 0.15) is 0 Å². The SMILES string of the molecule is CNC(=O)C1(C)CCCN(c2nnc(C)c3ccccc23)C1. The van der Waals surface area contributed by atoms with E-state index in [0.29, 0.717) is 6.54 Å². The van der Waals surface area contributed by atoms with Crippen LogP contribution in [0, 0.1) is 12.3 Å². The number of carbonyl (C=O) groups excluding carboxylic acids is 1. The molecule has 2 heterocycles. The summed E-state index contributed by atoms with van der Waals surface area (Å²) in [5, 5.41) is 13.8. The number of piperidine rings is 1. The average Bonchev–Trinajstić information content (AvgIpc) is 2.54. The average molecular weight is 298 g/mol. The molecule has 1 aliphatic heterocycles. The van der Waals surface area contributed by atoms with Crippen LogP contribution < -0.4 is 10.2 Å². The summed E-state index contributed by atoms with van der Waals surface area (Å²) in [5.74, 6) is 0.984. The number of carbonyl (C=O) groups is 1. The Morgan fingerprint density at radius 1 is 1.27 bits per heavy atom. The molecular formula is C17H22N4O. The van der Waals surface area contributed by atoms with Crippen LogP contribution in [0.25, 0.3) is 10.8 Å². The molecule has 1 aliphatic rings. The number of fused-ring (bicyclic) bond motifs is 1. The summed E-state index contributed by atoms with van der Waals surface area (Å²) in [7, 11) is 1.70. The van der Waals surface area contributed by atoms with E-state index in [1.807, 2.05) is 26.0 Å². The predicted molar refractivity (Wildman–Crippen MR) is 87.9 cm³/mol. The van der Waals surface area contributed by atoms with Crippen molar-refractivity contribution in [2.75, 3.05) is 25.0 Å². The number of hydrogen-bond donors (Lipinski definition) is 1. The van der Waals surface area contributed by atoms with E-state index >= 15 is 0 Å². The minimum absolute atomic E-state index is 0.0987. The molecule has 1 amide bonds. The van der Waals surface area contributed by atoms with Crippen LogP contribution in [0.3, 0.4) is 0 Å². The molecule has 116 valence electrons. The van der Waals surface area contributed by atoms with E-state index in [1.165, 1.54) is 0 Å². The second-order valence-corrected chi connectivity index (χ2v) is 6.32. The third kappa shape index (κ3) is 2.40. The summed E-state index contributed by atoms with van der Waals surface area (Å²) in [6.07, 6.45) is 1.88. The van der Waals surface area contributed by atoms with Crippen molar-refractivity contribution in [2.45, 2.75) is 26.7 Å². The Labute approximate surface area is 130 Å². The molecule has 0 aliphatic carbocycles. The first-order chi connectivity index (χ1) is 10.5. The lowest BCUT2D eigenvalue weighted by molar-refractivity contribution is -0.130. The molecule has 3 rings (SSSR count). The van der Waals surface area contributed by atoms with Crippen molar-refractivity contribution >= 4 is 22.5 Å². The first-order valence-electron chi connectivity index (χ1n) is 7.74. The Morgan fingerprint density at radius 3 is 2.73 bits per heavy atom. The molecule has 1 aromatic carbocycles.